The van der Waals surface area contributed by atoms with Gasteiger partial charge in [-0.05, 0) is 54.7 Å². The molecule has 2 amide bonds. The number of amides is 2. The van der Waals surface area contributed by atoms with Gasteiger partial charge in [-0.15, -0.1) is 0 Å². The van der Waals surface area contributed by atoms with Crippen LogP contribution in [0.1, 0.15) is 42.1 Å². The van der Waals surface area contributed by atoms with Gasteiger partial charge in [0, 0.05) is 55.9 Å². The maximum Gasteiger partial charge on any atom is 0.317 e. The predicted molar refractivity (Wildman–Crippen MR) is 123 cm³/mol. The number of hydrogen-bond donors (Lipinski definition) is 2. The topological polar surface area (TPSA) is 64.7 Å². The second-order valence-corrected chi connectivity index (χ2v) is 9.64. The molecule has 0 aromatic heterocycles. The molecule has 2 saturated heterocycles. The maximum absolute atomic E-state index is 14.2. The largest absolute Gasteiger partial charge is 0.378 e. The molecule has 2 aromatic rings. The van der Waals surface area contributed by atoms with Gasteiger partial charge in [-0.2, -0.15) is 0 Å². The highest BCUT2D eigenvalue weighted by Crippen LogP contribution is 2.37. The fraction of sp³-hybridized carbons (Fsp3) is 0.440. The number of anilines is 2. The number of benzene rings is 2. The molecule has 174 valence electrons. The van der Waals surface area contributed by atoms with Crippen LogP contribution in [0.15, 0.2) is 36.4 Å². The van der Waals surface area contributed by atoms with Gasteiger partial charge in [0.15, 0.2) is 5.78 Å². The van der Waals surface area contributed by atoms with Crippen LogP contribution in [0.2, 0.25) is 0 Å². The molecule has 0 atom stereocenters. The molecule has 8 heteroatoms. The molecule has 0 unspecified atom stereocenters. The van der Waals surface area contributed by atoms with E-state index < -0.39 is 11.4 Å². The molecule has 1 spiro atoms. The van der Waals surface area contributed by atoms with Crippen molar-refractivity contribution in [3.05, 3.63) is 59.2 Å². The van der Waals surface area contributed by atoms with E-state index >= 15 is 0 Å². The summed E-state index contributed by atoms with van der Waals surface area (Å²) in [5.41, 5.74) is 2.10. The Bertz CT molecular complexity index is 1090. The number of likely N-dealkylation sites (tertiary alicyclic amines) is 1. The van der Waals surface area contributed by atoms with E-state index in [4.69, 9.17) is 0 Å². The van der Waals surface area contributed by atoms with E-state index in [1.54, 1.807) is 17.0 Å². The quantitative estimate of drug-likeness (QED) is 0.731. The summed E-state index contributed by atoms with van der Waals surface area (Å²) in [6, 6.07) is 9.04. The second kappa shape index (κ2) is 8.32. The van der Waals surface area contributed by atoms with Crippen molar-refractivity contribution in [3.8, 4) is 0 Å². The number of fused-ring (bicyclic) bond motifs is 1. The number of carbonyl (C=O) groups excluding carboxylic acids is 2. The number of urea groups is 1. The van der Waals surface area contributed by atoms with E-state index in [0.717, 1.165) is 18.7 Å². The summed E-state index contributed by atoms with van der Waals surface area (Å²) < 4.78 is 27.7. The van der Waals surface area contributed by atoms with E-state index in [1.807, 2.05) is 11.0 Å². The Morgan fingerprint density at radius 3 is 2.64 bits per heavy atom. The number of nitrogens with zero attached hydrogens (tertiary/aromatic N) is 2. The van der Waals surface area contributed by atoms with Crippen molar-refractivity contribution < 1.29 is 18.4 Å². The first kappa shape index (κ1) is 21.7. The molecular formula is C25H28F2N4O2. The maximum atomic E-state index is 14.2. The standard InChI is InChI=1S/C25H28F2N4O2/c1-16-14-31(15-16)22-10-17(2-4-20(22)27)13-28-24(33)30-8-6-25(7-9-30)12-23(32)19-11-18(26)3-5-21(19)29-25/h2-5,10-11,16,29H,6-9,12-15H2,1H3,(H,28,33). The molecule has 0 aliphatic carbocycles. The van der Waals surface area contributed by atoms with E-state index in [2.05, 4.69) is 17.6 Å². The van der Waals surface area contributed by atoms with Gasteiger partial charge in [-0.25, -0.2) is 13.6 Å². The van der Waals surface area contributed by atoms with Crippen LogP contribution in [0, 0.1) is 17.6 Å². The predicted octanol–water partition coefficient (Wildman–Crippen LogP) is 4.16. The van der Waals surface area contributed by atoms with Gasteiger partial charge in [0.25, 0.3) is 0 Å². The molecule has 0 radical (unpaired) electrons. The van der Waals surface area contributed by atoms with E-state index in [0.29, 0.717) is 61.8 Å². The summed E-state index contributed by atoms with van der Waals surface area (Å²) in [6.07, 6.45) is 1.57. The number of piperidine rings is 1. The Labute approximate surface area is 191 Å². The first-order valence-electron chi connectivity index (χ1n) is 11.5. The molecule has 3 aliphatic rings. The van der Waals surface area contributed by atoms with Crippen molar-refractivity contribution in [3.63, 3.8) is 0 Å². The number of nitrogens with one attached hydrogen (secondary N) is 2. The Balaban J connectivity index is 1.17. The van der Waals surface area contributed by atoms with Crippen molar-refractivity contribution in [1.29, 1.82) is 0 Å². The smallest absolute Gasteiger partial charge is 0.317 e. The van der Waals surface area contributed by atoms with Gasteiger partial charge < -0.3 is 20.4 Å². The lowest BCUT2D eigenvalue weighted by molar-refractivity contribution is 0.0915. The van der Waals surface area contributed by atoms with Crippen LogP contribution in [-0.4, -0.2) is 48.4 Å². The molecule has 0 saturated carbocycles. The van der Waals surface area contributed by atoms with Crippen LogP contribution in [-0.2, 0) is 6.54 Å². The van der Waals surface area contributed by atoms with E-state index in [9.17, 15) is 18.4 Å². The molecule has 5 rings (SSSR count). The molecule has 2 aromatic carbocycles. The van der Waals surface area contributed by atoms with Crippen molar-refractivity contribution in [1.82, 2.24) is 10.2 Å². The van der Waals surface area contributed by atoms with Crippen LogP contribution in [0.4, 0.5) is 25.0 Å². The van der Waals surface area contributed by atoms with Gasteiger partial charge in [-0.3, -0.25) is 4.79 Å². The number of carbonyl (C=O) groups is 2. The molecule has 3 heterocycles. The first-order chi connectivity index (χ1) is 15.8. The van der Waals surface area contributed by atoms with Crippen LogP contribution < -0.4 is 15.5 Å². The summed E-state index contributed by atoms with van der Waals surface area (Å²) in [5, 5.41) is 6.38. The van der Waals surface area contributed by atoms with Gasteiger partial charge in [0.1, 0.15) is 11.6 Å². The number of Topliss-reactive ketones (excluding diaryl/α,β-unsaturated/α-hetero) is 1. The Morgan fingerprint density at radius 2 is 1.91 bits per heavy atom. The summed E-state index contributed by atoms with van der Waals surface area (Å²) >= 11 is 0. The number of ketones is 1. The molecule has 2 N–H and O–H groups in total. The first-order valence-corrected chi connectivity index (χ1v) is 11.5. The zero-order valence-electron chi connectivity index (χ0n) is 18.7. The summed E-state index contributed by atoms with van der Waals surface area (Å²) in [6.45, 7) is 5.19. The average Bonchev–Trinajstić information content (AvgIpc) is 2.77. The lowest BCUT2D eigenvalue weighted by atomic mass is 9.78. The lowest BCUT2D eigenvalue weighted by Crippen LogP contribution is -2.55. The third-order valence-corrected chi connectivity index (χ3v) is 7.05. The Morgan fingerprint density at radius 1 is 1.15 bits per heavy atom. The SMILES string of the molecule is CC1CN(c2cc(CNC(=O)N3CCC4(CC3)CC(=O)c3cc(F)ccc3N4)ccc2F)C1. The highest BCUT2D eigenvalue weighted by atomic mass is 19.1. The number of hydrogen-bond acceptors (Lipinski definition) is 4. The normalized spacial score (nSPS) is 19.7. The van der Waals surface area contributed by atoms with Crippen LogP contribution in [0.5, 0.6) is 0 Å². The second-order valence-electron chi connectivity index (χ2n) is 9.64. The molecule has 3 aliphatic heterocycles. The van der Waals surface area contributed by atoms with Gasteiger partial charge in [0.05, 0.1) is 5.69 Å². The van der Waals surface area contributed by atoms with Crippen molar-refractivity contribution in [2.45, 2.75) is 38.3 Å². The minimum Gasteiger partial charge on any atom is -0.378 e. The van der Waals surface area contributed by atoms with Crippen molar-refractivity contribution in [2.75, 3.05) is 36.4 Å². The third-order valence-electron chi connectivity index (χ3n) is 7.05. The summed E-state index contributed by atoms with van der Waals surface area (Å²) in [5.74, 6) is -0.153. The third kappa shape index (κ3) is 4.26. The molecular weight excluding hydrogens is 426 g/mol. The van der Waals surface area contributed by atoms with Crippen molar-refractivity contribution in [2.24, 2.45) is 5.92 Å². The zero-order chi connectivity index (χ0) is 23.2. The van der Waals surface area contributed by atoms with Crippen LogP contribution in [0.3, 0.4) is 0 Å². The summed E-state index contributed by atoms with van der Waals surface area (Å²) in [7, 11) is 0. The van der Waals surface area contributed by atoms with Crippen LogP contribution in [0.25, 0.3) is 0 Å². The molecule has 33 heavy (non-hydrogen) atoms. The Hall–Kier alpha value is -3.16. The lowest BCUT2D eigenvalue weighted by Gasteiger charge is -2.45. The highest BCUT2D eigenvalue weighted by Gasteiger charge is 2.41. The van der Waals surface area contributed by atoms with Gasteiger partial charge >= 0.3 is 6.03 Å². The fourth-order valence-corrected chi connectivity index (χ4v) is 5.12. The molecule has 0 bridgehead atoms. The van der Waals surface area contributed by atoms with Crippen LogP contribution >= 0.6 is 0 Å². The minimum absolute atomic E-state index is 0.0649. The van der Waals surface area contributed by atoms with E-state index in [-0.39, 0.29) is 17.6 Å². The molecule has 6 nitrogen and oxygen atoms in total. The molecule has 2 fully saturated rings. The zero-order valence-corrected chi connectivity index (χ0v) is 18.7. The van der Waals surface area contributed by atoms with Gasteiger partial charge in [0.2, 0.25) is 0 Å². The van der Waals surface area contributed by atoms with E-state index in [1.165, 1.54) is 18.2 Å². The Kier molecular flexibility index (Phi) is 5.46. The van der Waals surface area contributed by atoms with Gasteiger partial charge in [-0.1, -0.05) is 13.0 Å². The number of rotatable bonds is 3. The minimum atomic E-state index is -0.418. The summed E-state index contributed by atoms with van der Waals surface area (Å²) in [4.78, 5) is 29.1. The highest BCUT2D eigenvalue weighted by molar-refractivity contribution is 6.04. The number of halogens is 2. The average molecular weight is 455 g/mol. The van der Waals surface area contributed by atoms with Crippen molar-refractivity contribution >= 4 is 23.2 Å². The fourth-order valence-electron chi connectivity index (χ4n) is 5.12. The monoisotopic (exact) mass is 454 g/mol.